The van der Waals surface area contributed by atoms with Crippen LogP contribution in [-0.2, 0) is 14.8 Å². The van der Waals surface area contributed by atoms with Crippen LogP contribution in [0.1, 0.15) is 25.7 Å². The average molecular weight is 433 g/mol. The van der Waals surface area contributed by atoms with Gasteiger partial charge in [0.15, 0.2) is 0 Å². The number of nitrogens with zero attached hydrogens (tertiary/aromatic N) is 2. The Morgan fingerprint density at radius 1 is 1.17 bits per heavy atom. The fourth-order valence-corrected chi connectivity index (χ4v) is 4.89. The summed E-state index contributed by atoms with van der Waals surface area (Å²) in [5.41, 5.74) is -0.693. The van der Waals surface area contributed by atoms with E-state index in [1.165, 1.54) is 12.1 Å². The molecule has 2 saturated heterocycles. The number of hydrogen-bond acceptors (Lipinski definition) is 7. The van der Waals surface area contributed by atoms with Gasteiger partial charge in [-0.1, -0.05) is 0 Å². The summed E-state index contributed by atoms with van der Waals surface area (Å²) >= 11 is 0. The van der Waals surface area contributed by atoms with Crippen LogP contribution in [0, 0.1) is 0 Å². The molecule has 8 nitrogen and oxygen atoms in total. The van der Waals surface area contributed by atoms with Crippen LogP contribution in [0.4, 0.5) is 8.78 Å². The standard InChI is InChI=1S/C18H25F2N3O5S/c19-18(20)3-7-23(8-4-18)9-12-27-15-2-1-14-16(22-15)28-17(5-10-26-11-6-17)13-21-29(14,24)25/h1-2,21H,3-13H2. The predicted octanol–water partition coefficient (Wildman–Crippen LogP) is 1.41. The zero-order valence-electron chi connectivity index (χ0n) is 16.0. The molecule has 0 aromatic carbocycles. The molecule has 3 aliphatic heterocycles. The van der Waals surface area contributed by atoms with Crippen molar-refractivity contribution >= 4 is 10.0 Å². The summed E-state index contributed by atoms with van der Waals surface area (Å²) in [5.74, 6) is -2.31. The van der Waals surface area contributed by atoms with Crippen molar-refractivity contribution in [3.8, 4) is 11.8 Å². The third kappa shape index (κ3) is 4.79. The van der Waals surface area contributed by atoms with Crippen molar-refractivity contribution in [2.24, 2.45) is 0 Å². The smallest absolute Gasteiger partial charge is 0.250 e. The molecule has 0 saturated carbocycles. The average Bonchev–Trinajstić information content (AvgIpc) is 2.78. The lowest BCUT2D eigenvalue weighted by Gasteiger charge is -2.35. The van der Waals surface area contributed by atoms with Crippen LogP contribution in [0.2, 0.25) is 0 Å². The number of nitrogens with one attached hydrogen (secondary N) is 1. The van der Waals surface area contributed by atoms with Crippen LogP contribution >= 0.6 is 0 Å². The summed E-state index contributed by atoms with van der Waals surface area (Å²) in [6.07, 6.45) is 0.825. The highest BCUT2D eigenvalue weighted by Crippen LogP contribution is 2.35. The molecule has 2 fully saturated rings. The van der Waals surface area contributed by atoms with Crippen LogP contribution in [-0.4, -0.2) is 75.8 Å². The lowest BCUT2D eigenvalue weighted by molar-refractivity contribution is -0.0566. The Bertz CT molecular complexity index is 836. The van der Waals surface area contributed by atoms with E-state index in [-0.39, 0.29) is 42.6 Å². The first-order chi connectivity index (χ1) is 13.8. The summed E-state index contributed by atoms with van der Waals surface area (Å²) < 4.78 is 71.2. The molecular formula is C18H25F2N3O5S. The van der Waals surface area contributed by atoms with Gasteiger partial charge >= 0.3 is 0 Å². The van der Waals surface area contributed by atoms with E-state index in [0.29, 0.717) is 45.7 Å². The maximum atomic E-state index is 13.2. The minimum Gasteiger partial charge on any atom is -0.476 e. The van der Waals surface area contributed by atoms with Crippen LogP contribution in [0.3, 0.4) is 0 Å². The molecule has 1 N–H and O–H groups in total. The molecule has 1 aromatic heterocycles. The number of likely N-dealkylation sites (tertiary alicyclic amines) is 1. The first kappa shape index (κ1) is 20.7. The predicted molar refractivity (Wildman–Crippen MR) is 99.0 cm³/mol. The molecular weight excluding hydrogens is 408 g/mol. The monoisotopic (exact) mass is 433 g/mol. The van der Waals surface area contributed by atoms with Crippen molar-refractivity contribution in [3.63, 3.8) is 0 Å². The molecule has 11 heteroatoms. The number of rotatable bonds is 4. The third-order valence-corrected chi connectivity index (χ3v) is 7.05. The molecule has 0 radical (unpaired) electrons. The zero-order chi connectivity index (χ0) is 20.5. The number of fused-ring (bicyclic) bond motifs is 1. The molecule has 0 unspecified atom stereocenters. The molecule has 162 valence electrons. The molecule has 1 aromatic rings. The van der Waals surface area contributed by atoms with Crippen molar-refractivity contribution < 1.29 is 31.4 Å². The highest BCUT2D eigenvalue weighted by molar-refractivity contribution is 7.89. The number of piperidine rings is 1. The highest BCUT2D eigenvalue weighted by Gasteiger charge is 2.41. The number of alkyl halides is 2. The van der Waals surface area contributed by atoms with Crippen LogP contribution in [0.15, 0.2) is 17.0 Å². The van der Waals surface area contributed by atoms with Gasteiger partial charge in [0.25, 0.3) is 5.92 Å². The number of sulfonamides is 1. The maximum Gasteiger partial charge on any atom is 0.250 e. The maximum absolute atomic E-state index is 13.2. The Morgan fingerprint density at radius 2 is 1.90 bits per heavy atom. The van der Waals surface area contributed by atoms with Crippen LogP contribution in [0.25, 0.3) is 0 Å². The topological polar surface area (TPSA) is 90.0 Å². The second-order valence-corrected chi connectivity index (χ2v) is 9.46. The Morgan fingerprint density at radius 3 is 2.62 bits per heavy atom. The number of aromatic nitrogens is 1. The Kier molecular flexibility index (Phi) is 5.66. The molecule has 29 heavy (non-hydrogen) atoms. The van der Waals surface area contributed by atoms with Gasteiger partial charge in [0.05, 0.1) is 19.8 Å². The normalized spacial score (nSPS) is 25.6. The SMILES string of the molecule is O=S1(=O)NCC2(CCOCC2)Oc2nc(OCCN3CCC(F)(F)CC3)ccc21. The molecule has 3 aliphatic rings. The molecule has 0 atom stereocenters. The van der Waals surface area contributed by atoms with E-state index in [1.54, 1.807) is 0 Å². The number of hydrogen-bond donors (Lipinski definition) is 1. The summed E-state index contributed by atoms with van der Waals surface area (Å²) in [6, 6.07) is 2.90. The molecule has 0 amide bonds. The fourth-order valence-electron chi connectivity index (χ4n) is 3.72. The minimum atomic E-state index is -3.73. The van der Waals surface area contributed by atoms with E-state index >= 15 is 0 Å². The molecule has 4 heterocycles. The van der Waals surface area contributed by atoms with E-state index in [1.807, 2.05) is 4.90 Å². The Labute approximate surface area is 168 Å². The van der Waals surface area contributed by atoms with Gasteiger partial charge in [0.1, 0.15) is 17.1 Å². The molecule has 0 aliphatic carbocycles. The quantitative estimate of drug-likeness (QED) is 0.768. The van der Waals surface area contributed by atoms with Crippen LogP contribution in [0.5, 0.6) is 11.8 Å². The lowest BCUT2D eigenvalue weighted by atomic mass is 9.94. The van der Waals surface area contributed by atoms with Crippen molar-refractivity contribution in [3.05, 3.63) is 12.1 Å². The third-order valence-electron chi connectivity index (χ3n) is 5.64. The van der Waals surface area contributed by atoms with Gasteiger partial charge in [-0.05, 0) is 6.07 Å². The summed E-state index contributed by atoms with van der Waals surface area (Å²) in [4.78, 5) is 6.18. The Balaban J connectivity index is 1.43. The second kappa shape index (κ2) is 7.93. The van der Waals surface area contributed by atoms with E-state index in [2.05, 4.69) is 9.71 Å². The van der Waals surface area contributed by atoms with E-state index in [4.69, 9.17) is 14.2 Å². The summed E-state index contributed by atoms with van der Waals surface area (Å²) in [7, 11) is -3.73. The highest BCUT2D eigenvalue weighted by atomic mass is 32.2. The van der Waals surface area contributed by atoms with Gasteiger partial charge in [0.2, 0.25) is 21.8 Å². The lowest BCUT2D eigenvalue weighted by Crippen LogP contribution is -2.49. The van der Waals surface area contributed by atoms with E-state index in [0.717, 1.165) is 0 Å². The molecule has 4 rings (SSSR count). The summed E-state index contributed by atoms with van der Waals surface area (Å²) in [6.45, 7) is 2.55. The van der Waals surface area contributed by atoms with Gasteiger partial charge in [-0.2, -0.15) is 4.98 Å². The second-order valence-electron chi connectivity index (χ2n) is 7.72. The van der Waals surface area contributed by atoms with Gasteiger partial charge in [-0.3, -0.25) is 4.90 Å². The van der Waals surface area contributed by atoms with Crippen molar-refractivity contribution in [1.82, 2.24) is 14.6 Å². The van der Waals surface area contributed by atoms with E-state index in [9.17, 15) is 17.2 Å². The number of ether oxygens (including phenoxy) is 3. The van der Waals surface area contributed by atoms with Crippen molar-refractivity contribution in [2.45, 2.75) is 42.1 Å². The summed E-state index contributed by atoms with van der Waals surface area (Å²) in [5, 5.41) is 0. The van der Waals surface area contributed by atoms with Crippen LogP contribution < -0.4 is 14.2 Å². The first-order valence-electron chi connectivity index (χ1n) is 9.78. The van der Waals surface area contributed by atoms with Crippen molar-refractivity contribution in [1.29, 1.82) is 0 Å². The molecule has 0 bridgehead atoms. The molecule has 1 spiro atoms. The first-order valence-corrected chi connectivity index (χ1v) is 11.3. The fraction of sp³-hybridized carbons (Fsp3) is 0.722. The largest absolute Gasteiger partial charge is 0.476 e. The Hall–Kier alpha value is -1.56. The van der Waals surface area contributed by atoms with Gasteiger partial charge in [-0.25, -0.2) is 21.9 Å². The number of pyridine rings is 1. The number of halogens is 2. The minimum absolute atomic E-state index is 0.0204. The van der Waals surface area contributed by atoms with Gasteiger partial charge in [0, 0.05) is 51.4 Å². The van der Waals surface area contributed by atoms with E-state index < -0.39 is 21.5 Å². The van der Waals surface area contributed by atoms with Gasteiger partial charge in [-0.15, -0.1) is 0 Å². The zero-order valence-corrected chi connectivity index (χ0v) is 16.8. The van der Waals surface area contributed by atoms with Crippen molar-refractivity contribution in [2.75, 3.05) is 46.0 Å². The van der Waals surface area contributed by atoms with Gasteiger partial charge < -0.3 is 14.2 Å².